The van der Waals surface area contributed by atoms with Crippen LogP contribution in [0, 0.1) is 5.82 Å². The molecule has 4 aliphatic rings. The lowest BCUT2D eigenvalue weighted by molar-refractivity contribution is -0.124. The Morgan fingerprint density at radius 2 is 1.68 bits per heavy atom. The molecule has 59 heavy (non-hydrogen) atoms. The Labute approximate surface area is 344 Å². The van der Waals surface area contributed by atoms with Crippen molar-refractivity contribution in [1.29, 1.82) is 0 Å². The summed E-state index contributed by atoms with van der Waals surface area (Å²) in [5.74, 6) is -2.13. The van der Waals surface area contributed by atoms with Crippen LogP contribution < -0.4 is 21.5 Å². The maximum absolute atomic E-state index is 15.5. The summed E-state index contributed by atoms with van der Waals surface area (Å²) in [5.41, 5.74) is 7.48. The number of hydrogen-bond donors (Lipinski definition) is 2. The number of piperazine rings is 1. The molecule has 15 nitrogen and oxygen atoms in total. The number of rotatable bonds is 14. The third-order valence-electron chi connectivity index (χ3n) is 11.7. The summed E-state index contributed by atoms with van der Waals surface area (Å²) in [7, 11) is 0.0255. The summed E-state index contributed by atoms with van der Waals surface area (Å²) >= 11 is 0. The van der Waals surface area contributed by atoms with Crippen LogP contribution in [0.25, 0.3) is 0 Å². The second-order valence-corrected chi connectivity index (χ2v) is 16.8. The molecule has 0 radical (unpaired) electrons. The largest absolute Gasteiger partial charge is 0.390 e. The molecule has 0 bridgehead atoms. The van der Waals surface area contributed by atoms with Gasteiger partial charge in [0.2, 0.25) is 5.91 Å². The number of nitrogens with one attached hydrogen (secondary N) is 1. The first-order valence-corrected chi connectivity index (χ1v) is 21.3. The van der Waals surface area contributed by atoms with Crippen molar-refractivity contribution in [3.05, 3.63) is 87.0 Å². The molecule has 2 unspecified atom stereocenters. The number of likely N-dealkylation sites (N-methyl/N-ethyl adjacent to an activating group) is 1. The number of aromatic nitrogens is 1. The van der Waals surface area contributed by atoms with Crippen LogP contribution in [0.5, 0.6) is 0 Å². The topological polar surface area (TPSA) is 183 Å². The van der Waals surface area contributed by atoms with Gasteiger partial charge in [0, 0.05) is 83.2 Å². The molecule has 2 saturated heterocycles. The molecule has 1 saturated carbocycles. The predicted octanol–water partition coefficient (Wildman–Crippen LogP) is 3.34. The Hall–Kier alpha value is -5.39. The summed E-state index contributed by atoms with van der Waals surface area (Å²) in [6.45, 7) is 3.97. The van der Waals surface area contributed by atoms with E-state index in [1.165, 1.54) is 19.5 Å². The number of carbonyl (C=O) groups excluding carboxylic acids is 4. The summed E-state index contributed by atoms with van der Waals surface area (Å²) in [4.78, 5) is 77.8. The third kappa shape index (κ3) is 8.96. The van der Waals surface area contributed by atoms with Crippen molar-refractivity contribution in [2.24, 2.45) is 15.7 Å². The SMILES string of the molecule is CNC(=O)C(CCC=O)N1C(=O)c2cc(F)c(N3CCN(Cc4cccc(S(=O)N5CCC(N=Cc6ccc(=O)n(C7CCCC7)c6/N=C/N)CC5)c4)CC3)cc2C1=O. The van der Waals surface area contributed by atoms with E-state index in [0.717, 1.165) is 65.5 Å². The summed E-state index contributed by atoms with van der Waals surface area (Å²) in [5, 5.41) is 2.44. The highest BCUT2D eigenvalue weighted by Crippen LogP contribution is 2.34. The van der Waals surface area contributed by atoms with Crippen LogP contribution in [0.3, 0.4) is 0 Å². The fourth-order valence-electron chi connectivity index (χ4n) is 8.60. The molecule has 3 amide bonds. The predicted molar refractivity (Wildman–Crippen MR) is 223 cm³/mol. The molecule has 3 aromatic rings. The van der Waals surface area contributed by atoms with Crippen molar-refractivity contribution >= 4 is 59.1 Å². The molecule has 1 aliphatic carbocycles. The molecule has 2 atom stereocenters. The van der Waals surface area contributed by atoms with E-state index in [0.29, 0.717) is 57.9 Å². The Balaban J connectivity index is 0.933. The van der Waals surface area contributed by atoms with Gasteiger partial charge >= 0.3 is 0 Å². The first-order chi connectivity index (χ1) is 28.6. The zero-order valence-corrected chi connectivity index (χ0v) is 33.9. The number of amides is 3. The second kappa shape index (κ2) is 18.7. The van der Waals surface area contributed by atoms with E-state index in [1.54, 1.807) is 22.9 Å². The van der Waals surface area contributed by atoms with E-state index in [9.17, 15) is 28.2 Å². The molecule has 312 valence electrons. The number of piperidine rings is 1. The highest BCUT2D eigenvalue weighted by Gasteiger charge is 2.43. The second-order valence-electron chi connectivity index (χ2n) is 15.3. The Kier molecular flexibility index (Phi) is 13.2. The fourth-order valence-corrected chi connectivity index (χ4v) is 9.88. The number of imide groups is 1. The molecule has 3 fully saturated rings. The van der Waals surface area contributed by atoms with Crippen LogP contribution in [0.4, 0.5) is 15.9 Å². The van der Waals surface area contributed by atoms with Crippen LogP contribution in [0.15, 0.2) is 68.2 Å². The van der Waals surface area contributed by atoms with E-state index in [1.807, 2.05) is 33.5 Å². The quantitative estimate of drug-likeness (QED) is 0.107. The van der Waals surface area contributed by atoms with Crippen molar-refractivity contribution in [2.45, 2.75) is 80.9 Å². The molecule has 4 heterocycles. The van der Waals surface area contributed by atoms with Gasteiger partial charge in [0.1, 0.15) is 34.9 Å². The molecule has 2 aromatic carbocycles. The molecule has 7 rings (SSSR count). The molecule has 17 heteroatoms. The van der Waals surface area contributed by atoms with E-state index < -0.39 is 40.6 Å². The van der Waals surface area contributed by atoms with Gasteiger partial charge in [-0.2, -0.15) is 0 Å². The Morgan fingerprint density at radius 1 is 0.966 bits per heavy atom. The summed E-state index contributed by atoms with van der Waals surface area (Å²) < 4.78 is 33.0. The molecular formula is C42H50FN9O6S. The fraction of sp³-hybridized carbons (Fsp3) is 0.452. The smallest absolute Gasteiger partial charge is 0.262 e. The standard InChI is InChI=1S/C42H50FN9O6S/c1-45-40(55)36(10-5-21-53)52-41(56)33-23-35(43)37(24-34(33)42(52)57)49-19-17-48(18-20-49)26-28-6-4-9-32(22-28)59(58)50-15-13-30(14-16-50)46-25-29-11-12-38(54)51(39(29)47-27-44)31-7-2-3-8-31/h4,6,9,11-12,21-25,27,30-31,36H,2-3,5,7-8,10,13-20,26H2,1H3,(H2,44,47)(H,45,55). The normalized spacial score (nSPS) is 19.6. The van der Waals surface area contributed by atoms with Crippen molar-refractivity contribution < 1.29 is 27.8 Å². The number of anilines is 1. The van der Waals surface area contributed by atoms with Gasteiger partial charge in [-0.25, -0.2) is 17.9 Å². The van der Waals surface area contributed by atoms with Crippen molar-refractivity contribution in [3.8, 4) is 0 Å². The number of nitrogens with two attached hydrogens (primary N) is 1. The van der Waals surface area contributed by atoms with Crippen LogP contribution in [0.1, 0.15) is 89.3 Å². The van der Waals surface area contributed by atoms with Gasteiger partial charge in [0.05, 0.1) is 34.1 Å². The third-order valence-corrected chi connectivity index (χ3v) is 13.2. The van der Waals surface area contributed by atoms with E-state index in [4.69, 9.17) is 10.7 Å². The number of halogens is 1. The number of hydrogen-bond acceptors (Lipinski definition) is 10. The number of aliphatic imine (C=N–C) groups is 2. The number of carbonyl (C=O) groups is 4. The van der Waals surface area contributed by atoms with Gasteiger partial charge in [-0.3, -0.25) is 38.5 Å². The zero-order valence-electron chi connectivity index (χ0n) is 33.1. The maximum Gasteiger partial charge on any atom is 0.262 e. The number of pyridine rings is 1. The highest BCUT2D eigenvalue weighted by atomic mass is 32.2. The van der Waals surface area contributed by atoms with Gasteiger partial charge in [0.15, 0.2) is 0 Å². The molecule has 0 spiro atoms. The average molecular weight is 828 g/mol. The van der Waals surface area contributed by atoms with Crippen LogP contribution in [-0.2, 0) is 27.1 Å². The van der Waals surface area contributed by atoms with Crippen molar-refractivity contribution in [1.82, 2.24) is 24.0 Å². The van der Waals surface area contributed by atoms with Gasteiger partial charge in [-0.15, -0.1) is 0 Å². The average Bonchev–Trinajstić information content (AvgIpc) is 3.87. The Bertz CT molecular complexity index is 2230. The number of aldehydes is 1. The van der Waals surface area contributed by atoms with Gasteiger partial charge in [-0.05, 0) is 68.0 Å². The molecule has 3 N–H and O–H groups in total. The lowest BCUT2D eigenvalue weighted by atomic mass is 10.1. The monoisotopic (exact) mass is 827 g/mol. The van der Waals surface area contributed by atoms with E-state index in [-0.39, 0.29) is 47.3 Å². The highest BCUT2D eigenvalue weighted by molar-refractivity contribution is 7.82. The van der Waals surface area contributed by atoms with Gasteiger partial charge < -0.3 is 20.7 Å². The van der Waals surface area contributed by atoms with Crippen LogP contribution >= 0.6 is 0 Å². The van der Waals surface area contributed by atoms with Crippen molar-refractivity contribution in [3.63, 3.8) is 0 Å². The molecule has 1 aromatic heterocycles. The lowest BCUT2D eigenvalue weighted by Crippen LogP contribution is -2.48. The first-order valence-electron chi connectivity index (χ1n) is 20.2. The minimum Gasteiger partial charge on any atom is -0.390 e. The van der Waals surface area contributed by atoms with Gasteiger partial charge in [-0.1, -0.05) is 25.0 Å². The molecular weight excluding hydrogens is 778 g/mol. The van der Waals surface area contributed by atoms with E-state index >= 15 is 4.39 Å². The van der Waals surface area contributed by atoms with Crippen LogP contribution in [-0.4, -0.2) is 118 Å². The van der Waals surface area contributed by atoms with Gasteiger partial charge in [0.25, 0.3) is 17.4 Å². The lowest BCUT2D eigenvalue weighted by Gasteiger charge is -2.36. The Morgan fingerprint density at radius 3 is 2.36 bits per heavy atom. The molecule has 3 aliphatic heterocycles. The minimum absolute atomic E-state index is 0.0236. The number of fused-ring (bicyclic) bond motifs is 1. The number of nitrogens with zero attached hydrogens (tertiary/aromatic N) is 7. The first kappa shape index (κ1) is 41.8. The summed E-state index contributed by atoms with van der Waals surface area (Å²) in [6, 6.07) is 12.5. The maximum atomic E-state index is 15.5. The number of benzene rings is 2. The van der Waals surface area contributed by atoms with E-state index in [2.05, 4.69) is 15.2 Å². The van der Waals surface area contributed by atoms with Crippen LogP contribution in [0.2, 0.25) is 0 Å². The summed E-state index contributed by atoms with van der Waals surface area (Å²) in [6.07, 6.45) is 9.08. The minimum atomic E-state index is -1.36. The zero-order chi connectivity index (χ0) is 41.6. The van der Waals surface area contributed by atoms with Crippen molar-refractivity contribution in [2.75, 3.05) is 51.2 Å².